The number of carbonyl (C=O) groups is 2. The number of rotatable bonds is 4. The number of carbonyl (C=O) groups excluding carboxylic acids is 2. The summed E-state index contributed by atoms with van der Waals surface area (Å²) < 4.78 is 7.87. The number of nitrogens with zero attached hydrogens (tertiary/aromatic N) is 3. The zero-order chi connectivity index (χ0) is 21.9. The predicted molar refractivity (Wildman–Crippen MR) is 120 cm³/mol. The second-order valence-corrected chi connectivity index (χ2v) is 9.72. The van der Waals surface area contributed by atoms with Crippen molar-refractivity contribution in [1.29, 1.82) is 0 Å². The smallest absolute Gasteiger partial charge is 0.264 e. The fourth-order valence-corrected chi connectivity index (χ4v) is 5.75. The Morgan fingerprint density at radius 3 is 2.97 bits per heavy atom. The van der Waals surface area contributed by atoms with Gasteiger partial charge in [0.15, 0.2) is 5.13 Å². The van der Waals surface area contributed by atoms with Crippen molar-refractivity contribution in [3.8, 4) is 0 Å². The molecule has 0 saturated carbocycles. The zero-order valence-electron chi connectivity index (χ0n) is 17.8. The van der Waals surface area contributed by atoms with E-state index in [1.807, 2.05) is 33.0 Å². The molecule has 1 aromatic carbocycles. The average Bonchev–Trinajstić information content (AvgIpc) is 3.36. The van der Waals surface area contributed by atoms with E-state index in [4.69, 9.17) is 15.5 Å². The molecular formula is C22H25N5O3S. The topological polar surface area (TPSA) is 102 Å². The Balaban J connectivity index is 1.49. The molecule has 5 rings (SSSR count). The molecule has 31 heavy (non-hydrogen) atoms. The molecule has 3 N–H and O–H groups in total. The van der Waals surface area contributed by atoms with E-state index < -0.39 is 11.4 Å². The van der Waals surface area contributed by atoms with Crippen molar-refractivity contribution in [1.82, 2.24) is 14.9 Å². The number of anilines is 1. The van der Waals surface area contributed by atoms with E-state index in [0.29, 0.717) is 23.7 Å². The highest BCUT2D eigenvalue weighted by molar-refractivity contribution is 7.17. The molecule has 0 spiro atoms. The van der Waals surface area contributed by atoms with E-state index in [2.05, 4.69) is 21.0 Å². The second-order valence-electron chi connectivity index (χ2n) is 8.74. The van der Waals surface area contributed by atoms with Gasteiger partial charge in [-0.3, -0.25) is 9.59 Å². The number of fused-ring (bicyclic) bond motifs is 2. The van der Waals surface area contributed by atoms with Crippen molar-refractivity contribution >= 4 is 39.2 Å². The minimum Gasteiger partial charge on any atom is -0.377 e. The van der Waals surface area contributed by atoms with Gasteiger partial charge in [-0.25, -0.2) is 4.98 Å². The van der Waals surface area contributed by atoms with Crippen LogP contribution in [-0.2, 0) is 23.7 Å². The van der Waals surface area contributed by atoms with Gasteiger partial charge in [0, 0.05) is 36.3 Å². The molecular weight excluding hydrogens is 414 g/mol. The van der Waals surface area contributed by atoms with E-state index >= 15 is 0 Å². The lowest BCUT2D eigenvalue weighted by Gasteiger charge is -2.35. The van der Waals surface area contributed by atoms with Crippen LogP contribution in [0, 0.1) is 0 Å². The number of hydrogen-bond donors (Lipinski definition) is 2. The molecule has 162 valence electrons. The molecule has 3 aromatic rings. The van der Waals surface area contributed by atoms with Gasteiger partial charge in [-0.1, -0.05) is 11.3 Å². The SMILES string of the molecule is Cn1cc(C[C@H]2COCCN2c2nc3c(s2)C(=O)NC3(C)C)c2cc(C(N)=O)ccc21. The first kappa shape index (κ1) is 20.0. The number of primary amides is 1. The Kier molecular flexibility index (Phi) is 4.56. The summed E-state index contributed by atoms with van der Waals surface area (Å²) in [6.07, 6.45) is 2.83. The lowest BCUT2D eigenvalue weighted by molar-refractivity contribution is 0.0938. The molecule has 2 amide bonds. The third-order valence-corrected chi connectivity index (χ3v) is 7.22. The minimum atomic E-state index is -0.455. The summed E-state index contributed by atoms with van der Waals surface area (Å²) in [5.74, 6) is -0.487. The number of aromatic nitrogens is 2. The van der Waals surface area contributed by atoms with Crippen molar-refractivity contribution in [2.45, 2.75) is 31.8 Å². The van der Waals surface area contributed by atoms with E-state index in [1.165, 1.54) is 11.3 Å². The van der Waals surface area contributed by atoms with Crippen LogP contribution in [0.1, 0.15) is 45.1 Å². The van der Waals surface area contributed by atoms with Crippen LogP contribution in [0.4, 0.5) is 5.13 Å². The van der Waals surface area contributed by atoms with Crippen LogP contribution in [0.2, 0.25) is 0 Å². The fourth-order valence-electron chi connectivity index (χ4n) is 4.53. The van der Waals surface area contributed by atoms with Crippen LogP contribution in [0.5, 0.6) is 0 Å². The Morgan fingerprint density at radius 1 is 1.42 bits per heavy atom. The first-order valence-electron chi connectivity index (χ1n) is 10.3. The van der Waals surface area contributed by atoms with Crippen LogP contribution >= 0.6 is 11.3 Å². The molecule has 2 aromatic heterocycles. The standard InChI is InChI=1S/C22H25N5O3S/c1-22(2)18-17(20(29)25-22)31-21(24-18)27-6-7-30-11-14(27)8-13-10-26(3)16-5-4-12(19(23)28)9-15(13)16/h4-5,9-10,14H,6-8,11H2,1-3H3,(H2,23,28)(H,25,29)/t14-/m0/s1. The molecule has 0 aliphatic carbocycles. The lowest BCUT2D eigenvalue weighted by atomic mass is 10.0. The summed E-state index contributed by atoms with van der Waals surface area (Å²) in [5.41, 5.74) is 8.54. The quantitative estimate of drug-likeness (QED) is 0.649. The zero-order valence-corrected chi connectivity index (χ0v) is 18.6. The first-order chi connectivity index (χ1) is 14.7. The molecule has 1 fully saturated rings. The molecule has 0 unspecified atom stereocenters. The number of aryl methyl sites for hydroxylation is 1. The van der Waals surface area contributed by atoms with Gasteiger partial charge in [0.1, 0.15) is 4.88 Å². The summed E-state index contributed by atoms with van der Waals surface area (Å²) in [5, 5.41) is 4.86. The van der Waals surface area contributed by atoms with Crippen LogP contribution in [0.25, 0.3) is 10.9 Å². The molecule has 1 saturated heterocycles. The first-order valence-corrected chi connectivity index (χ1v) is 11.1. The maximum absolute atomic E-state index is 12.4. The molecule has 8 nitrogen and oxygen atoms in total. The van der Waals surface area contributed by atoms with Gasteiger partial charge >= 0.3 is 0 Å². The van der Waals surface area contributed by atoms with Gasteiger partial charge in [0.25, 0.3) is 5.91 Å². The Bertz CT molecular complexity index is 1210. The summed E-state index contributed by atoms with van der Waals surface area (Å²) in [4.78, 5) is 31.9. The Labute approximate surface area is 184 Å². The molecule has 2 aliphatic rings. The van der Waals surface area contributed by atoms with Gasteiger partial charge in [-0.2, -0.15) is 0 Å². The molecule has 1 atom stereocenters. The number of nitrogens with two attached hydrogens (primary N) is 1. The minimum absolute atomic E-state index is 0.0541. The average molecular weight is 440 g/mol. The normalized spacial score (nSPS) is 20.2. The van der Waals surface area contributed by atoms with Crippen molar-refractivity contribution in [2.24, 2.45) is 12.8 Å². The molecule has 4 heterocycles. The largest absolute Gasteiger partial charge is 0.377 e. The van der Waals surface area contributed by atoms with Gasteiger partial charge in [0.2, 0.25) is 5.91 Å². The summed E-state index contributed by atoms with van der Waals surface area (Å²) in [6.45, 7) is 5.87. The number of benzene rings is 1. The predicted octanol–water partition coefficient (Wildman–Crippen LogP) is 2.16. The van der Waals surface area contributed by atoms with Crippen molar-refractivity contribution in [3.05, 3.63) is 46.1 Å². The van der Waals surface area contributed by atoms with Gasteiger partial charge in [-0.05, 0) is 44.0 Å². The highest BCUT2D eigenvalue weighted by Gasteiger charge is 2.40. The lowest BCUT2D eigenvalue weighted by Crippen LogP contribution is -2.47. The van der Waals surface area contributed by atoms with E-state index in [9.17, 15) is 9.59 Å². The van der Waals surface area contributed by atoms with E-state index in [-0.39, 0.29) is 11.9 Å². The Morgan fingerprint density at radius 2 is 2.23 bits per heavy atom. The third-order valence-electron chi connectivity index (χ3n) is 6.13. The highest BCUT2D eigenvalue weighted by atomic mass is 32.1. The number of amides is 2. The van der Waals surface area contributed by atoms with E-state index in [0.717, 1.165) is 40.3 Å². The third kappa shape index (κ3) is 3.28. The van der Waals surface area contributed by atoms with E-state index in [1.54, 1.807) is 6.07 Å². The second kappa shape index (κ2) is 7.06. The molecule has 2 aliphatic heterocycles. The summed E-state index contributed by atoms with van der Waals surface area (Å²) in [6, 6.07) is 5.63. The van der Waals surface area contributed by atoms with Crippen molar-refractivity contribution < 1.29 is 14.3 Å². The van der Waals surface area contributed by atoms with Crippen LogP contribution < -0.4 is 16.0 Å². The number of ether oxygens (including phenoxy) is 1. The number of morpholine rings is 1. The maximum Gasteiger partial charge on any atom is 0.264 e. The monoisotopic (exact) mass is 439 g/mol. The van der Waals surface area contributed by atoms with Gasteiger partial charge in [0.05, 0.1) is 30.5 Å². The van der Waals surface area contributed by atoms with Crippen LogP contribution in [-0.4, -0.2) is 47.2 Å². The number of thiazole rings is 1. The summed E-state index contributed by atoms with van der Waals surface area (Å²) in [7, 11) is 2.00. The van der Waals surface area contributed by atoms with Crippen LogP contribution in [0.3, 0.4) is 0 Å². The number of hydrogen-bond acceptors (Lipinski definition) is 6. The van der Waals surface area contributed by atoms with Gasteiger partial charge < -0.3 is 25.3 Å². The number of nitrogens with one attached hydrogen (secondary N) is 1. The molecule has 9 heteroatoms. The highest BCUT2D eigenvalue weighted by Crippen LogP contribution is 2.38. The van der Waals surface area contributed by atoms with Crippen molar-refractivity contribution in [3.63, 3.8) is 0 Å². The molecule has 0 bridgehead atoms. The Hall–Kier alpha value is -2.91. The van der Waals surface area contributed by atoms with Crippen LogP contribution in [0.15, 0.2) is 24.4 Å². The maximum atomic E-state index is 12.4. The fraction of sp³-hybridized carbons (Fsp3) is 0.409. The van der Waals surface area contributed by atoms with Gasteiger partial charge in [-0.15, -0.1) is 0 Å². The molecule has 0 radical (unpaired) electrons. The van der Waals surface area contributed by atoms with Crippen molar-refractivity contribution in [2.75, 3.05) is 24.7 Å². The summed E-state index contributed by atoms with van der Waals surface area (Å²) >= 11 is 1.45.